The van der Waals surface area contributed by atoms with Gasteiger partial charge in [-0.1, -0.05) is 25.4 Å². The SMILES string of the molecule is COc1ccc(S(=O)(=O)NCC(C)C)cc1Cl. The van der Waals surface area contributed by atoms with Gasteiger partial charge in [0.15, 0.2) is 0 Å². The standard InChI is InChI=1S/C11H16ClNO3S/c1-8(2)7-13-17(14,15)9-4-5-11(16-3)10(12)6-9/h4-6,8,13H,7H2,1-3H3. The fraction of sp³-hybridized carbons (Fsp3) is 0.455. The molecule has 17 heavy (non-hydrogen) atoms. The van der Waals surface area contributed by atoms with Crippen LogP contribution in [0.4, 0.5) is 0 Å². The molecule has 0 heterocycles. The number of sulfonamides is 1. The van der Waals surface area contributed by atoms with Crippen molar-refractivity contribution < 1.29 is 13.2 Å². The molecular weight excluding hydrogens is 262 g/mol. The predicted octanol–water partition coefficient (Wildman–Crippen LogP) is 2.28. The molecule has 0 aliphatic carbocycles. The minimum absolute atomic E-state index is 0.143. The maximum Gasteiger partial charge on any atom is 0.240 e. The van der Waals surface area contributed by atoms with Crippen molar-refractivity contribution in [3.8, 4) is 5.75 Å². The molecule has 0 aromatic heterocycles. The zero-order valence-corrected chi connectivity index (χ0v) is 11.6. The summed E-state index contributed by atoms with van der Waals surface area (Å²) in [7, 11) is -2.01. The fourth-order valence-electron chi connectivity index (χ4n) is 1.17. The average Bonchev–Trinajstić information content (AvgIpc) is 2.26. The van der Waals surface area contributed by atoms with Gasteiger partial charge < -0.3 is 4.74 Å². The van der Waals surface area contributed by atoms with Gasteiger partial charge in [-0.05, 0) is 24.1 Å². The van der Waals surface area contributed by atoms with Crippen LogP contribution in [0.5, 0.6) is 5.75 Å². The van der Waals surface area contributed by atoms with Crippen LogP contribution in [0.2, 0.25) is 5.02 Å². The van der Waals surface area contributed by atoms with Gasteiger partial charge in [-0.15, -0.1) is 0 Å². The molecule has 0 aliphatic heterocycles. The summed E-state index contributed by atoms with van der Waals surface area (Å²) in [5.41, 5.74) is 0. The Morgan fingerprint density at radius 3 is 2.53 bits per heavy atom. The van der Waals surface area contributed by atoms with Gasteiger partial charge in [-0.3, -0.25) is 0 Å². The van der Waals surface area contributed by atoms with Gasteiger partial charge in [0.1, 0.15) is 5.75 Å². The quantitative estimate of drug-likeness (QED) is 0.898. The lowest BCUT2D eigenvalue weighted by Gasteiger charge is -2.10. The molecular formula is C11H16ClNO3S. The van der Waals surface area contributed by atoms with Crippen LogP contribution in [0, 0.1) is 5.92 Å². The molecule has 1 N–H and O–H groups in total. The third-order valence-electron chi connectivity index (χ3n) is 2.12. The first-order valence-electron chi connectivity index (χ1n) is 5.20. The number of benzene rings is 1. The molecule has 0 spiro atoms. The number of hydrogen-bond acceptors (Lipinski definition) is 3. The highest BCUT2D eigenvalue weighted by Gasteiger charge is 2.15. The Kier molecular flexibility index (Phi) is 4.80. The molecule has 4 nitrogen and oxygen atoms in total. The van der Waals surface area contributed by atoms with Crippen molar-refractivity contribution in [1.82, 2.24) is 4.72 Å². The predicted molar refractivity (Wildman–Crippen MR) is 68.0 cm³/mol. The minimum atomic E-state index is -3.49. The molecule has 96 valence electrons. The summed E-state index contributed by atoms with van der Waals surface area (Å²) < 4.78 is 31.2. The second kappa shape index (κ2) is 5.71. The van der Waals surface area contributed by atoms with E-state index in [9.17, 15) is 8.42 Å². The topological polar surface area (TPSA) is 55.4 Å². The summed E-state index contributed by atoms with van der Waals surface area (Å²) in [6.45, 7) is 4.26. The van der Waals surface area contributed by atoms with Crippen LogP contribution >= 0.6 is 11.6 Å². The number of hydrogen-bond donors (Lipinski definition) is 1. The zero-order chi connectivity index (χ0) is 13.1. The van der Waals surface area contributed by atoms with E-state index in [1.54, 1.807) is 0 Å². The molecule has 0 amide bonds. The van der Waals surface area contributed by atoms with Crippen LogP contribution in [0.3, 0.4) is 0 Å². The lowest BCUT2D eigenvalue weighted by Crippen LogP contribution is -2.27. The van der Waals surface area contributed by atoms with E-state index in [2.05, 4.69) is 4.72 Å². The van der Waals surface area contributed by atoms with Gasteiger partial charge >= 0.3 is 0 Å². The molecule has 0 aliphatic rings. The van der Waals surface area contributed by atoms with Crippen molar-refractivity contribution in [2.24, 2.45) is 5.92 Å². The molecule has 1 rings (SSSR count). The highest BCUT2D eigenvalue weighted by Crippen LogP contribution is 2.26. The van der Waals surface area contributed by atoms with Gasteiger partial charge in [0.05, 0.1) is 17.0 Å². The first-order chi connectivity index (χ1) is 7.86. The molecule has 0 unspecified atom stereocenters. The lowest BCUT2D eigenvalue weighted by molar-refractivity contribution is 0.414. The van der Waals surface area contributed by atoms with Gasteiger partial charge in [0, 0.05) is 6.54 Å². The van der Waals surface area contributed by atoms with Crippen molar-refractivity contribution in [3.05, 3.63) is 23.2 Å². The van der Waals surface area contributed by atoms with E-state index in [1.807, 2.05) is 13.8 Å². The van der Waals surface area contributed by atoms with E-state index < -0.39 is 10.0 Å². The lowest BCUT2D eigenvalue weighted by atomic mass is 10.2. The Morgan fingerprint density at radius 2 is 2.06 bits per heavy atom. The normalized spacial score (nSPS) is 11.8. The molecule has 0 fully saturated rings. The molecule has 0 saturated heterocycles. The maximum atomic E-state index is 11.9. The number of nitrogens with one attached hydrogen (secondary N) is 1. The van der Waals surface area contributed by atoms with Crippen molar-refractivity contribution in [2.45, 2.75) is 18.7 Å². The molecule has 0 bridgehead atoms. The van der Waals surface area contributed by atoms with E-state index >= 15 is 0 Å². The van der Waals surface area contributed by atoms with E-state index in [0.29, 0.717) is 12.3 Å². The van der Waals surface area contributed by atoms with Crippen molar-refractivity contribution >= 4 is 21.6 Å². The Morgan fingerprint density at radius 1 is 1.41 bits per heavy atom. The van der Waals surface area contributed by atoms with E-state index in [0.717, 1.165) is 0 Å². The number of rotatable bonds is 5. The first kappa shape index (κ1) is 14.3. The van der Waals surface area contributed by atoms with Crippen molar-refractivity contribution in [3.63, 3.8) is 0 Å². The van der Waals surface area contributed by atoms with Crippen LogP contribution in [0.25, 0.3) is 0 Å². The second-order valence-corrected chi connectivity index (χ2v) is 6.22. The summed E-state index contributed by atoms with van der Waals surface area (Å²) in [6, 6.07) is 4.38. The van der Waals surface area contributed by atoms with Crippen LogP contribution in [-0.2, 0) is 10.0 Å². The number of ether oxygens (including phenoxy) is 1. The van der Waals surface area contributed by atoms with E-state index in [-0.39, 0.29) is 15.8 Å². The first-order valence-corrected chi connectivity index (χ1v) is 7.06. The largest absolute Gasteiger partial charge is 0.495 e. The molecule has 6 heteroatoms. The van der Waals surface area contributed by atoms with Crippen LogP contribution in [-0.4, -0.2) is 22.1 Å². The number of halogens is 1. The summed E-state index contributed by atoms with van der Waals surface area (Å²) >= 11 is 5.88. The molecule has 0 radical (unpaired) electrons. The van der Waals surface area contributed by atoms with Crippen LogP contribution in [0.15, 0.2) is 23.1 Å². The third-order valence-corrected chi connectivity index (χ3v) is 3.83. The molecule has 1 aromatic carbocycles. The van der Waals surface area contributed by atoms with Crippen molar-refractivity contribution in [2.75, 3.05) is 13.7 Å². The highest BCUT2D eigenvalue weighted by atomic mass is 35.5. The molecule has 0 atom stereocenters. The van der Waals surface area contributed by atoms with Gasteiger partial charge in [-0.25, -0.2) is 13.1 Å². The van der Waals surface area contributed by atoms with Crippen LogP contribution in [0.1, 0.15) is 13.8 Å². The second-order valence-electron chi connectivity index (χ2n) is 4.04. The van der Waals surface area contributed by atoms with Gasteiger partial charge in [0.2, 0.25) is 10.0 Å². The highest BCUT2D eigenvalue weighted by molar-refractivity contribution is 7.89. The van der Waals surface area contributed by atoms with Crippen molar-refractivity contribution in [1.29, 1.82) is 0 Å². The summed E-state index contributed by atoms with van der Waals surface area (Å²) in [5.74, 6) is 0.702. The van der Waals surface area contributed by atoms with Gasteiger partial charge in [-0.2, -0.15) is 0 Å². The van der Waals surface area contributed by atoms with E-state index in [4.69, 9.17) is 16.3 Å². The summed E-state index contributed by atoms with van der Waals surface area (Å²) in [4.78, 5) is 0.143. The molecule has 0 saturated carbocycles. The fourth-order valence-corrected chi connectivity index (χ4v) is 2.74. The average molecular weight is 278 g/mol. The Bertz CT molecular complexity index is 485. The smallest absolute Gasteiger partial charge is 0.240 e. The Labute approximate surface area is 107 Å². The molecule has 1 aromatic rings. The summed E-state index contributed by atoms with van der Waals surface area (Å²) in [6.07, 6.45) is 0. The van der Waals surface area contributed by atoms with E-state index in [1.165, 1.54) is 25.3 Å². The minimum Gasteiger partial charge on any atom is -0.495 e. The van der Waals surface area contributed by atoms with Gasteiger partial charge in [0.25, 0.3) is 0 Å². The van der Waals surface area contributed by atoms with Crippen LogP contribution < -0.4 is 9.46 Å². The summed E-state index contributed by atoms with van der Waals surface area (Å²) in [5, 5.41) is 0.278. The number of methoxy groups -OCH3 is 1. The Balaban J connectivity index is 2.96. The Hall–Kier alpha value is -0.780. The monoisotopic (exact) mass is 277 g/mol. The maximum absolute atomic E-state index is 11.9. The third kappa shape index (κ3) is 3.87. The zero-order valence-electron chi connectivity index (χ0n) is 10.0.